The highest BCUT2D eigenvalue weighted by Gasteiger charge is 2.18. The number of aromatic nitrogens is 3. The van der Waals surface area contributed by atoms with Crippen LogP contribution in [0, 0.1) is 13.8 Å². The third-order valence-electron chi connectivity index (χ3n) is 4.12. The van der Waals surface area contributed by atoms with E-state index < -0.39 is 0 Å². The summed E-state index contributed by atoms with van der Waals surface area (Å²) in [5.74, 6) is 0. The third kappa shape index (κ3) is 1.46. The number of rotatable bonds is 1. The summed E-state index contributed by atoms with van der Waals surface area (Å²) in [4.78, 5) is 0. The Hall–Kier alpha value is -2.42. The van der Waals surface area contributed by atoms with E-state index in [1.807, 2.05) is 22.9 Å². The van der Waals surface area contributed by atoms with E-state index in [4.69, 9.17) is 0 Å². The van der Waals surface area contributed by atoms with Gasteiger partial charge in [-0.1, -0.05) is 35.6 Å². The number of benzene rings is 2. The topological polar surface area (TPSA) is 30.7 Å². The number of aryl methyl sites for hydroxylation is 1. The van der Waals surface area contributed by atoms with Gasteiger partial charge in [0.1, 0.15) is 5.52 Å². The average molecular weight is 261 g/mol. The van der Waals surface area contributed by atoms with E-state index in [9.17, 15) is 0 Å². The van der Waals surface area contributed by atoms with Crippen molar-refractivity contribution in [2.24, 2.45) is 0 Å². The number of para-hydroxylation sites is 1. The lowest BCUT2D eigenvalue weighted by atomic mass is 9.98. The molecule has 1 aromatic heterocycles. The molecule has 0 unspecified atom stereocenters. The van der Waals surface area contributed by atoms with Gasteiger partial charge in [-0.3, -0.25) is 0 Å². The second-order valence-electron chi connectivity index (χ2n) is 5.34. The largest absolute Gasteiger partial charge is 0.212 e. The Bertz CT molecular complexity index is 856. The maximum atomic E-state index is 4.38. The predicted octanol–water partition coefficient (Wildman–Crippen LogP) is 3.61. The van der Waals surface area contributed by atoms with Crippen LogP contribution in [0.4, 0.5) is 0 Å². The van der Waals surface area contributed by atoms with Gasteiger partial charge in [0.15, 0.2) is 0 Å². The Balaban J connectivity index is 2.10. The first-order chi connectivity index (χ1) is 9.75. The molecule has 0 bridgehead atoms. The van der Waals surface area contributed by atoms with Gasteiger partial charge in [-0.2, -0.15) is 0 Å². The van der Waals surface area contributed by atoms with E-state index in [0.29, 0.717) is 0 Å². The molecule has 0 saturated carbocycles. The molecule has 0 fully saturated rings. The summed E-state index contributed by atoms with van der Waals surface area (Å²) in [5.41, 5.74) is 8.40. The quantitative estimate of drug-likeness (QED) is 0.670. The molecule has 0 spiro atoms. The minimum absolute atomic E-state index is 0.934. The molecule has 20 heavy (non-hydrogen) atoms. The van der Waals surface area contributed by atoms with Gasteiger partial charge < -0.3 is 0 Å². The summed E-state index contributed by atoms with van der Waals surface area (Å²) in [6.45, 7) is 4.32. The summed E-state index contributed by atoms with van der Waals surface area (Å²) in [5, 5.41) is 8.66. The Morgan fingerprint density at radius 1 is 1.15 bits per heavy atom. The van der Waals surface area contributed by atoms with Crippen molar-refractivity contribution < 1.29 is 0 Å². The van der Waals surface area contributed by atoms with Gasteiger partial charge in [-0.15, -0.1) is 5.10 Å². The minimum atomic E-state index is 0.934. The number of nitrogens with zero attached hydrogens (tertiary/aromatic N) is 3. The lowest BCUT2D eigenvalue weighted by Crippen LogP contribution is -2.05. The van der Waals surface area contributed by atoms with Crippen LogP contribution in [0.15, 0.2) is 36.4 Å². The van der Waals surface area contributed by atoms with Crippen molar-refractivity contribution in [3.05, 3.63) is 58.7 Å². The minimum Gasteiger partial charge on any atom is -0.212 e. The molecule has 1 aliphatic rings. The normalized spacial score (nSPS) is 13.1. The fraction of sp³-hybridized carbons (Fsp3) is 0.176. The Morgan fingerprint density at radius 2 is 2.00 bits per heavy atom. The van der Waals surface area contributed by atoms with Gasteiger partial charge in [0.05, 0.1) is 11.2 Å². The number of allylic oxidation sites excluding steroid dienone is 1. The molecule has 4 rings (SSSR count). The lowest BCUT2D eigenvalue weighted by molar-refractivity contribution is 0.815. The molecule has 98 valence electrons. The van der Waals surface area contributed by atoms with E-state index in [-0.39, 0.29) is 0 Å². The van der Waals surface area contributed by atoms with Crippen LogP contribution < -0.4 is 0 Å². The molecular formula is C17H15N3. The van der Waals surface area contributed by atoms with Gasteiger partial charge >= 0.3 is 0 Å². The molecule has 3 aromatic rings. The average Bonchev–Trinajstić information content (AvgIpc) is 3.07. The zero-order valence-electron chi connectivity index (χ0n) is 11.6. The number of hydrogen-bond donors (Lipinski definition) is 0. The van der Waals surface area contributed by atoms with Crippen molar-refractivity contribution >= 4 is 17.1 Å². The van der Waals surface area contributed by atoms with E-state index in [1.165, 1.54) is 27.9 Å². The molecule has 0 atom stereocenters. The van der Waals surface area contributed by atoms with Crippen LogP contribution in [-0.2, 0) is 6.42 Å². The van der Waals surface area contributed by atoms with Crippen LogP contribution >= 0.6 is 0 Å². The van der Waals surface area contributed by atoms with Crippen LogP contribution in [0.3, 0.4) is 0 Å². The first-order valence-electron chi connectivity index (χ1n) is 6.86. The Morgan fingerprint density at radius 3 is 2.90 bits per heavy atom. The standard InChI is InChI=1S/C17H15N3/c1-11-10-13-6-5-7-14(13)17(12(11)2)20-16-9-4-3-8-15(16)18-19-20/h3-5,7-10H,6H2,1-2H3. The Kier molecular flexibility index (Phi) is 2.30. The summed E-state index contributed by atoms with van der Waals surface area (Å²) in [6, 6.07) is 10.4. The third-order valence-corrected chi connectivity index (χ3v) is 4.12. The van der Waals surface area contributed by atoms with Gasteiger partial charge in [0, 0.05) is 5.56 Å². The Labute approximate surface area is 117 Å². The van der Waals surface area contributed by atoms with Crippen LogP contribution in [-0.4, -0.2) is 15.0 Å². The molecule has 3 nitrogen and oxygen atoms in total. The molecule has 1 aliphatic carbocycles. The van der Waals surface area contributed by atoms with Crippen molar-refractivity contribution in [3.63, 3.8) is 0 Å². The number of hydrogen-bond acceptors (Lipinski definition) is 2. The van der Waals surface area contributed by atoms with Crippen molar-refractivity contribution in [1.29, 1.82) is 0 Å². The maximum absolute atomic E-state index is 4.38. The van der Waals surface area contributed by atoms with Crippen LogP contribution in [0.25, 0.3) is 22.8 Å². The second-order valence-corrected chi connectivity index (χ2v) is 5.34. The molecule has 0 radical (unpaired) electrons. The fourth-order valence-corrected chi connectivity index (χ4v) is 2.95. The highest BCUT2D eigenvalue weighted by Crippen LogP contribution is 2.32. The molecule has 0 N–H and O–H groups in total. The van der Waals surface area contributed by atoms with E-state index in [2.05, 4.69) is 48.4 Å². The number of fused-ring (bicyclic) bond motifs is 2. The predicted molar refractivity (Wildman–Crippen MR) is 81.1 cm³/mol. The summed E-state index contributed by atoms with van der Waals surface area (Å²) in [6.07, 6.45) is 5.43. The van der Waals surface area contributed by atoms with Crippen molar-refractivity contribution in [3.8, 4) is 5.69 Å². The lowest BCUT2D eigenvalue weighted by Gasteiger charge is -2.14. The zero-order chi connectivity index (χ0) is 13.7. The highest BCUT2D eigenvalue weighted by atomic mass is 15.4. The van der Waals surface area contributed by atoms with Crippen molar-refractivity contribution in [2.45, 2.75) is 20.3 Å². The van der Waals surface area contributed by atoms with Gasteiger partial charge in [-0.25, -0.2) is 4.68 Å². The SMILES string of the molecule is Cc1cc2c(c(-n3nnc4ccccc43)c1C)C=CC2. The summed E-state index contributed by atoms with van der Waals surface area (Å²) < 4.78 is 1.98. The smallest absolute Gasteiger partial charge is 0.113 e. The molecule has 3 heteroatoms. The van der Waals surface area contributed by atoms with Crippen LogP contribution in [0.2, 0.25) is 0 Å². The molecule has 1 heterocycles. The monoisotopic (exact) mass is 261 g/mol. The molecule has 0 amide bonds. The molecular weight excluding hydrogens is 246 g/mol. The molecule has 0 aliphatic heterocycles. The molecule has 0 saturated heterocycles. The van der Waals surface area contributed by atoms with Crippen molar-refractivity contribution in [2.75, 3.05) is 0 Å². The first-order valence-corrected chi connectivity index (χ1v) is 6.86. The fourth-order valence-electron chi connectivity index (χ4n) is 2.95. The van der Waals surface area contributed by atoms with Gasteiger partial charge in [0.25, 0.3) is 0 Å². The first kappa shape index (κ1) is 11.4. The second kappa shape index (κ2) is 4.04. The van der Waals surface area contributed by atoms with E-state index in [0.717, 1.165) is 17.5 Å². The van der Waals surface area contributed by atoms with Crippen molar-refractivity contribution in [1.82, 2.24) is 15.0 Å². The van der Waals surface area contributed by atoms with Gasteiger partial charge in [-0.05, 0) is 49.1 Å². The van der Waals surface area contributed by atoms with E-state index in [1.54, 1.807) is 0 Å². The van der Waals surface area contributed by atoms with Gasteiger partial charge in [0.2, 0.25) is 0 Å². The van der Waals surface area contributed by atoms with E-state index >= 15 is 0 Å². The molecule has 2 aromatic carbocycles. The maximum Gasteiger partial charge on any atom is 0.113 e. The summed E-state index contributed by atoms with van der Waals surface area (Å²) in [7, 11) is 0. The zero-order valence-corrected chi connectivity index (χ0v) is 11.6. The van der Waals surface area contributed by atoms with Crippen LogP contribution in [0.5, 0.6) is 0 Å². The summed E-state index contributed by atoms with van der Waals surface area (Å²) >= 11 is 0. The van der Waals surface area contributed by atoms with Crippen LogP contribution in [0.1, 0.15) is 22.3 Å². The highest BCUT2D eigenvalue weighted by molar-refractivity contribution is 5.80.